The molecule has 0 spiro atoms. The number of aryl methyl sites for hydroxylation is 5. The van der Waals surface area contributed by atoms with E-state index in [0.29, 0.717) is 49.6 Å². The van der Waals surface area contributed by atoms with Crippen LogP contribution >= 0.6 is 23.2 Å². The van der Waals surface area contributed by atoms with E-state index in [-0.39, 0.29) is 5.91 Å². The van der Waals surface area contributed by atoms with Crippen LogP contribution < -0.4 is 4.74 Å². The zero-order valence-electron chi connectivity index (χ0n) is 23.9. The molecular weight excluding hydrogens is 563 g/mol. The van der Waals surface area contributed by atoms with Gasteiger partial charge in [0.15, 0.2) is 0 Å². The zero-order chi connectivity index (χ0) is 29.6. The number of carbonyl (C=O) groups excluding carboxylic acids is 1. The number of ether oxygens (including phenoxy) is 1. The van der Waals surface area contributed by atoms with Gasteiger partial charge < -0.3 is 19.7 Å². The summed E-state index contributed by atoms with van der Waals surface area (Å²) in [6.07, 6.45) is 2.27. The molecule has 3 heterocycles. The average molecular weight is 598 g/mol. The van der Waals surface area contributed by atoms with Crippen LogP contribution in [0.25, 0.3) is 22.0 Å². The molecule has 0 radical (unpaired) electrons. The smallest absolute Gasteiger partial charge is 0.326 e. The average Bonchev–Trinajstić information content (AvgIpc) is 3.62. The van der Waals surface area contributed by atoms with Crippen molar-refractivity contribution in [2.75, 3.05) is 13.2 Å². The first-order valence-electron chi connectivity index (χ1n) is 13.8. The van der Waals surface area contributed by atoms with Gasteiger partial charge in [0.1, 0.15) is 17.5 Å². The lowest BCUT2D eigenvalue weighted by atomic mass is 9.98. The van der Waals surface area contributed by atoms with Gasteiger partial charge in [0.2, 0.25) is 0 Å². The van der Waals surface area contributed by atoms with Crippen LogP contribution in [0.4, 0.5) is 0 Å². The molecule has 41 heavy (non-hydrogen) atoms. The third-order valence-electron chi connectivity index (χ3n) is 8.05. The zero-order valence-corrected chi connectivity index (χ0v) is 25.4. The van der Waals surface area contributed by atoms with Crippen molar-refractivity contribution in [1.29, 1.82) is 0 Å². The van der Waals surface area contributed by atoms with E-state index in [1.54, 1.807) is 0 Å². The second-order valence-electron chi connectivity index (χ2n) is 10.8. The summed E-state index contributed by atoms with van der Waals surface area (Å²) in [5.74, 6) is -0.550. The molecule has 216 valence electrons. The van der Waals surface area contributed by atoms with Gasteiger partial charge in [-0.05, 0) is 88.3 Å². The number of hydrogen-bond donors (Lipinski definition) is 2. The Bertz CT molecular complexity index is 1650. The maximum Gasteiger partial charge on any atom is 0.326 e. The molecule has 2 N–H and O–H groups in total. The molecule has 1 saturated heterocycles. The molecular formula is C31H34Cl2N4O4. The second-order valence-corrected chi connectivity index (χ2v) is 11.6. The van der Waals surface area contributed by atoms with E-state index in [2.05, 4.69) is 10.1 Å². The molecule has 1 atom stereocenters. The normalized spacial score (nSPS) is 15.2. The Balaban J connectivity index is 1.54. The number of nitrogens with one attached hydrogen (secondary N) is 1. The molecule has 1 amide bonds. The van der Waals surface area contributed by atoms with Crippen molar-refractivity contribution in [2.45, 2.75) is 59.4 Å². The number of rotatable bonds is 8. The van der Waals surface area contributed by atoms with Gasteiger partial charge in [-0.3, -0.25) is 9.48 Å². The fourth-order valence-electron chi connectivity index (χ4n) is 5.95. The molecule has 1 aliphatic rings. The SMILES string of the molecule is Cc1cc(OCCCc2c(C(=O)N3CCC[C@H]3C(=O)O)[nH]c3c(-c4c(C)nn(C)c4C)c(Cl)ccc23)cc(C)c1Cl. The van der Waals surface area contributed by atoms with Crippen LogP contribution in [0.1, 0.15) is 57.8 Å². The van der Waals surface area contributed by atoms with Crippen molar-refractivity contribution >= 4 is 46.0 Å². The van der Waals surface area contributed by atoms with Gasteiger partial charge >= 0.3 is 5.97 Å². The number of carboxylic acid groups (broad SMARTS) is 1. The molecule has 10 heteroatoms. The van der Waals surface area contributed by atoms with Crippen LogP contribution in [0.5, 0.6) is 5.75 Å². The molecule has 0 bridgehead atoms. The minimum Gasteiger partial charge on any atom is -0.494 e. The van der Waals surface area contributed by atoms with Crippen LogP contribution in [0, 0.1) is 27.7 Å². The lowest BCUT2D eigenvalue weighted by Crippen LogP contribution is -2.40. The number of halogens is 2. The molecule has 5 rings (SSSR count). The summed E-state index contributed by atoms with van der Waals surface area (Å²) >= 11 is 13.1. The minimum atomic E-state index is -0.985. The predicted octanol–water partition coefficient (Wildman–Crippen LogP) is 6.81. The second kappa shape index (κ2) is 11.4. The van der Waals surface area contributed by atoms with E-state index in [0.717, 1.165) is 60.9 Å². The first kappa shape index (κ1) is 29.0. The third kappa shape index (κ3) is 5.31. The molecule has 1 aliphatic heterocycles. The highest BCUT2D eigenvalue weighted by molar-refractivity contribution is 6.35. The van der Waals surface area contributed by atoms with E-state index in [9.17, 15) is 14.7 Å². The van der Waals surface area contributed by atoms with E-state index in [1.807, 2.05) is 63.7 Å². The fraction of sp³-hybridized carbons (Fsp3) is 0.387. The topological polar surface area (TPSA) is 100 Å². The molecule has 0 unspecified atom stereocenters. The van der Waals surface area contributed by atoms with E-state index < -0.39 is 12.0 Å². The van der Waals surface area contributed by atoms with Crippen molar-refractivity contribution in [2.24, 2.45) is 7.05 Å². The van der Waals surface area contributed by atoms with Crippen LogP contribution in [-0.2, 0) is 18.3 Å². The molecule has 8 nitrogen and oxygen atoms in total. The number of benzene rings is 2. The Labute approximate surface area is 249 Å². The van der Waals surface area contributed by atoms with Crippen molar-refractivity contribution < 1.29 is 19.4 Å². The van der Waals surface area contributed by atoms with Crippen molar-refractivity contribution in [3.05, 3.63) is 68.1 Å². The summed E-state index contributed by atoms with van der Waals surface area (Å²) in [4.78, 5) is 30.7. The number of likely N-dealkylation sites (tertiary alicyclic amines) is 1. The van der Waals surface area contributed by atoms with Gasteiger partial charge in [-0.2, -0.15) is 5.10 Å². The Morgan fingerprint density at radius 1 is 1.12 bits per heavy atom. The minimum absolute atomic E-state index is 0.312. The molecule has 1 fully saturated rings. The predicted molar refractivity (Wildman–Crippen MR) is 161 cm³/mol. The number of hydrogen-bond acceptors (Lipinski definition) is 4. The molecule has 0 saturated carbocycles. The van der Waals surface area contributed by atoms with Gasteiger partial charge in [0, 0.05) is 40.8 Å². The van der Waals surface area contributed by atoms with Gasteiger partial charge in [0.05, 0.1) is 22.8 Å². The summed E-state index contributed by atoms with van der Waals surface area (Å²) in [6.45, 7) is 8.65. The summed E-state index contributed by atoms with van der Waals surface area (Å²) in [5, 5.41) is 16.5. The number of nitrogens with zero attached hydrogens (tertiary/aromatic N) is 3. The van der Waals surface area contributed by atoms with Crippen LogP contribution in [0.15, 0.2) is 24.3 Å². The Morgan fingerprint density at radius 2 is 1.83 bits per heavy atom. The number of amides is 1. The van der Waals surface area contributed by atoms with Crippen LogP contribution in [-0.4, -0.2) is 55.8 Å². The van der Waals surface area contributed by atoms with E-state index in [4.69, 9.17) is 27.9 Å². The lowest BCUT2D eigenvalue weighted by Gasteiger charge is -2.21. The highest BCUT2D eigenvalue weighted by Crippen LogP contribution is 2.41. The Hall–Kier alpha value is -3.49. The summed E-state index contributed by atoms with van der Waals surface area (Å²) in [5.41, 5.74) is 7.35. The number of carboxylic acids is 1. The van der Waals surface area contributed by atoms with Gasteiger partial charge in [0.25, 0.3) is 5.91 Å². The van der Waals surface area contributed by atoms with Gasteiger partial charge in [-0.15, -0.1) is 0 Å². The van der Waals surface area contributed by atoms with Crippen molar-refractivity contribution in [3.8, 4) is 16.9 Å². The number of carbonyl (C=O) groups is 2. The van der Waals surface area contributed by atoms with Crippen molar-refractivity contribution in [3.63, 3.8) is 0 Å². The fourth-order valence-corrected chi connectivity index (χ4v) is 6.32. The first-order valence-corrected chi connectivity index (χ1v) is 14.5. The largest absolute Gasteiger partial charge is 0.494 e. The van der Waals surface area contributed by atoms with Crippen LogP contribution in [0.3, 0.4) is 0 Å². The molecule has 4 aromatic rings. The third-order valence-corrected chi connectivity index (χ3v) is 8.96. The number of H-pyrrole nitrogens is 1. The van der Waals surface area contributed by atoms with E-state index in [1.165, 1.54) is 4.90 Å². The summed E-state index contributed by atoms with van der Waals surface area (Å²) in [6, 6.07) is 6.77. The summed E-state index contributed by atoms with van der Waals surface area (Å²) < 4.78 is 7.87. The number of aromatic nitrogens is 3. The highest BCUT2D eigenvalue weighted by Gasteiger charge is 2.36. The number of aliphatic carboxylic acids is 1. The van der Waals surface area contributed by atoms with Crippen molar-refractivity contribution in [1.82, 2.24) is 19.7 Å². The number of fused-ring (bicyclic) bond motifs is 1. The maximum absolute atomic E-state index is 13.9. The van der Waals surface area contributed by atoms with E-state index >= 15 is 0 Å². The Kier molecular flexibility index (Phi) is 8.08. The quantitative estimate of drug-likeness (QED) is 0.218. The highest BCUT2D eigenvalue weighted by atomic mass is 35.5. The molecule has 0 aliphatic carbocycles. The van der Waals surface area contributed by atoms with Gasteiger partial charge in [-0.1, -0.05) is 29.3 Å². The summed E-state index contributed by atoms with van der Waals surface area (Å²) in [7, 11) is 1.89. The standard InChI is InChI=1S/C31H34Cl2N4O4/c1-16-14-20(15-17(2)27(16)33)41-13-7-8-21-22-10-11-23(32)26(25-18(3)35-36(5)19(25)4)28(22)34-29(21)30(38)37-12-6-9-24(37)31(39)40/h10-11,14-15,24,34H,6-9,12-13H2,1-5H3,(H,39,40)/t24-/m0/s1. The van der Waals surface area contributed by atoms with Crippen LogP contribution in [0.2, 0.25) is 10.0 Å². The lowest BCUT2D eigenvalue weighted by molar-refractivity contribution is -0.141. The van der Waals surface area contributed by atoms with Gasteiger partial charge in [-0.25, -0.2) is 4.79 Å². The Morgan fingerprint density at radius 3 is 2.46 bits per heavy atom. The first-order chi connectivity index (χ1) is 19.5. The molecule has 2 aromatic carbocycles. The molecule has 2 aromatic heterocycles. The maximum atomic E-state index is 13.9. The number of aromatic amines is 1. The monoisotopic (exact) mass is 596 g/mol.